The van der Waals surface area contributed by atoms with Crippen molar-refractivity contribution in [3.05, 3.63) is 96.8 Å². The zero-order chi connectivity index (χ0) is 26.6. The Hall–Kier alpha value is -5.19. The number of ether oxygens (including phenoxy) is 1. The number of aryl methyl sites for hydroxylation is 1. The van der Waals surface area contributed by atoms with Crippen LogP contribution in [-0.4, -0.2) is 46.9 Å². The van der Waals surface area contributed by atoms with Gasteiger partial charge in [-0.2, -0.15) is 15.3 Å². The molecule has 0 aliphatic carbocycles. The molecule has 2 N–H and O–H groups in total. The highest BCUT2D eigenvalue weighted by Crippen LogP contribution is 2.30. The Morgan fingerprint density at radius 2 is 1.95 bits per heavy atom. The van der Waals surface area contributed by atoms with E-state index in [0.717, 1.165) is 27.7 Å². The number of amides is 1. The van der Waals surface area contributed by atoms with Crippen molar-refractivity contribution < 1.29 is 9.53 Å². The van der Waals surface area contributed by atoms with Crippen molar-refractivity contribution in [2.45, 2.75) is 26.4 Å². The smallest absolute Gasteiger partial charge is 0.411 e. The van der Waals surface area contributed by atoms with Gasteiger partial charge in [-0.05, 0) is 36.2 Å². The summed E-state index contributed by atoms with van der Waals surface area (Å²) in [6.07, 6.45) is 8.75. The van der Waals surface area contributed by atoms with Crippen LogP contribution < -0.4 is 10.6 Å². The minimum Gasteiger partial charge on any atom is -0.447 e. The number of fused-ring (bicyclic) bond motifs is 2. The molecule has 6 aromatic rings. The minimum absolute atomic E-state index is 0.208. The second-order valence-electron chi connectivity index (χ2n) is 8.99. The summed E-state index contributed by atoms with van der Waals surface area (Å²) in [6, 6.07) is 18.2. The Kier molecular flexibility index (Phi) is 6.60. The summed E-state index contributed by atoms with van der Waals surface area (Å²) >= 11 is 0. The molecule has 0 atom stereocenters. The Bertz CT molecular complexity index is 1720. The maximum Gasteiger partial charge on any atom is 0.411 e. The summed E-state index contributed by atoms with van der Waals surface area (Å²) in [5.74, 6) is 0.637. The fourth-order valence-electron chi connectivity index (χ4n) is 4.63. The first-order valence-electron chi connectivity index (χ1n) is 12.7. The molecule has 0 bridgehead atoms. The Labute approximate surface area is 224 Å². The zero-order valence-corrected chi connectivity index (χ0v) is 21.4. The number of anilines is 3. The number of rotatable bonds is 9. The summed E-state index contributed by atoms with van der Waals surface area (Å²) in [4.78, 5) is 17.0. The van der Waals surface area contributed by atoms with Crippen LogP contribution in [0.5, 0.6) is 0 Å². The molecule has 0 unspecified atom stereocenters. The van der Waals surface area contributed by atoms with Gasteiger partial charge in [0.25, 0.3) is 0 Å². The predicted molar refractivity (Wildman–Crippen MR) is 148 cm³/mol. The van der Waals surface area contributed by atoms with Gasteiger partial charge < -0.3 is 10.1 Å². The van der Waals surface area contributed by atoms with Gasteiger partial charge in [-0.25, -0.2) is 14.3 Å². The molecular formula is C28H27N9O2. The predicted octanol–water partition coefficient (Wildman–Crippen LogP) is 4.88. The number of carbonyl (C=O) groups is 1. The van der Waals surface area contributed by atoms with Crippen LogP contribution in [0.15, 0.2) is 85.7 Å². The molecule has 0 saturated carbocycles. The van der Waals surface area contributed by atoms with Gasteiger partial charge in [-0.1, -0.05) is 37.3 Å². The van der Waals surface area contributed by atoms with Gasteiger partial charge in [0.15, 0.2) is 5.82 Å². The lowest BCUT2D eigenvalue weighted by molar-refractivity contribution is 0.155. The van der Waals surface area contributed by atoms with E-state index >= 15 is 0 Å². The third-order valence-electron chi connectivity index (χ3n) is 6.46. The van der Waals surface area contributed by atoms with Crippen molar-refractivity contribution >= 4 is 39.7 Å². The molecule has 0 saturated heterocycles. The van der Waals surface area contributed by atoms with Crippen LogP contribution in [0.1, 0.15) is 18.1 Å². The third-order valence-corrected chi connectivity index (χ3v) is 6.46. The molecule has 1 amide bonds. The van der Waals surface area contributed by atoms with Crippen molar-refractivity contribution in [3.8, 4) is 0 Å². The largest absolute Gasteiger partial charge is 0.447 e. The van der Waals surface area contributed by atoms with Crippen molar-refractivity contribution in [1.29, 1.82) is 0 Å². The van der Waals surface area contributed by atoms with E-state index in [1.807, 2.05) is 60.4 Å². The highest BCUT2D eigenvalue weighted by atomic mass is 16.5. The number of benzene rings is 2. The standard InChI is InChI=1S/C28H27N9O2/c1-2-23-24(34-28(38)39-14-13-35-12-6-11-30-35)18-37-26(23)27(29-19-32-37)33-22-9-10-25-21(15-22)16-31-36(25)17-20-7-4-3-5-8-20/h3-12,15-16,18-19H,2,13-14,17H2,1H3,(H,34,38)(H,29,32,33). The van der Waals surface area contributed by atoms with E-state index in [4.69, 9.17) is 4.74 Å². The fraction of sp³-hybridized carbons (Fsp3) is 0.179. The van der Waals surface area contributed by atoms with E-state index in [-0.39, 0.29) is 6.61 Å². The van der Waals surface area contributed by atoms with Crippen LogP contribution in [0.3, 0.4) is 0 Å². The maximum atomic E-state index is 12.5. The molecule has 4 aromatic heterocycles. The highest BCUT2D eigenvalue weighted by molar-refractivity contribution is 5.91. The van der Waals surface area contributed by atoms with Crippen LogP contribution in [-0.2, 0) is 24.2 Å². The van der Waals surface area contributed by atoms with Gasteiger partial charge in [-0.15, -0.1) is 0 Å². The second-order valence-corrected chi connectivity index (χ2v) is 8.99. The van der Waals surface area contributed by atoms with E-state index in [1.165, 1.54) is 11.9 Å². The van der Waals surface area contributed by atoms with E-state index in [2.05, 4.69) is 49.1 Å². The lowest BCUT2D eigenvalue weighted by atomic mass is 10.2. The lowest BCUT2D eigenvalue weighted by Crippen LogP contribution is -2.17. The second kappa shape index (κ2) is 10.7. The molecule has 11 nitrogen and oxygen atoms in total. The first kappa shape index (κ1) is 24.2. The molecule has 2 aromatic carbocycles. The SMILES string of the molecule is CCc1c(NC(=O)OCCn2cccn2)cn2ncnc(Nc3ccc4c(cnn4Cc4ccccc4)c3)c12. The van der Waals surface area contributed by atoms with Gasteiger partial charge >= 0.3 is 6.09 Å². The maximum absolute atomic E-state index is 12.5. The Morgan fingerprint density at radius 3 is 2.77 bits per heavy atom. The lowest BCUT2D eigenvalue weighted by Gasteiger charge is -2.10. The molecule has 0 aliphatic heterocycles. The molecular weight excluding hydrogens is 494 g/mol. The Balaban J connectivity index is 1.20. The van der Waals surface area contributed by atoms with Gasteiger partial charge in [-0.3, -0.25) is 14.7 Å². The van der Waals surface area contributed by atoms with Crippen LogP contribution in [0, 0.1) is 0 Å². The van der Waals surface area contributed by atoms with Crippen molar-refractivity contribution in [2.24, 2.45) is 0 Å². The molecule has 11 heteroatoms. The van der Waals surface area contributed by atoms with Crippen LogP contribution in [0.2, 0.25) is 0 Å². The van der Waals surface area contributed by atoms with Gasteiger partial charge in [0, 0.05) is 29.0 Å². The van der Waals surface area contributed by atoms with Gasteiger partial charge in [0.2, 0.25) is 0 Å². The molecule has 0 fully saturated rings. The molecule has 0 radical (unpaired) electrons. The summed E-state index contributed by atoms with van der Waals surface area (Å²) in [5.41, 5.74) is 5.43. The fourth-order valence-corrected chi connectivity index (χ4v) is 4.63. The summed E-state index contributed by atoms with van der Waals surface area (Å²) in [5, 5.41) is 20.3. The molecule has 4 heterocycles. The van der Waals surface area contributed by atoms with Crippen molar-refractivity contribution in [1.82, 2.24) is 34.2 Å². The van der Waals surface area contributed by atoms with Gasteiger partial charge in [0.1, 0.15) is 18.5 Å². The van der Waals surface area contributed by atoms with E-state index in [0.29, 0.717) is 31.0 Å². The number of aromatic nitrogens is 7. The molecule has 39 heavy (non-hydrogen) atoms. The molecule has 0 spiro atoms. The topological polar surface area (TPSA) is 116 Å². The highest BCUT2D eigenvalue weighted by Gasteiger charge is 2.17. The van der Waals surface area contributed by atoms with E-state index in [1.54, 1.807) is 21.6 Å². The van der Waals surface area contributed by atoms with Crippen LogP contribution >= 0.6 is 0 Å². The van der Waals surface area contributed by atoms with Crippen molar-refractivity contribution in [3.63, 3.8) is 0 Å². The summed E-state index contributed by atoms with van der Waals surface area (Å²) in [7, 11) is 0. The number of nitrogens with one attached hydrogen (secondary N) is 2. The first-order valence-corrected chi connectivity index (χ1v) is 12.7. The summed E-state index contributed by atoms with van der Waals surface area (Å²) < 4.78 is 10.8. The Morgan fingerprint density at radius 1 is 1.05 bits per heavy atom. The van der Waals surface area contributed by atoms with Crippen molar-refractivity contribution in [2.75, 3.05) is 17.2 Å². The van der Waals surface area contributed by atoms with E-state index in [9.17, 15) is 4.79 Å². The number of hydrogen-bond donors (Lipinski definition) is 2. The quantitative estimate of drug-likeness (QED) is 0.279. The average molecular weight is 522 g/mol. The first-order chi connectivity index (χ1) is 19.2. The zero-order valence-electron chi connectivity index (χ0n) is 21.4. The van der Waals surface area contributed by atoms with Crippen LogP contribution in [0.25, 0.3) is 16.4 Å². The van der Waals surface area contributed by atoms with Gasteiger partial charge in [0.05, 0.1) is 36.7 Å². The molecule has 0 aliphatic rings. The number of carbonyl (C=O) groups excluding carboxylic acids is 1. The summed E-state index contributed by atoms with van der Waals surface area (Å²) in [6.45, 7) is 3.41. The molecule has 196 valence electrons. The van der Waals surface area contributed by atoms with Crippen LogP contribution in [0.4, 0.5) is 22.0 Å². The normalized spacial score (nSPS) is 11.2. The van der Waals surface area contributed by atoms with E-state index < -0.39 is 6.09 Å². The monoisotopic (exact) mass is 521 g/mol. The average Bonchev–Trinajstić information content (AvgIpc) is 3.69. The number of hydrogen-bond acceptors (Lipinski definition) is 7. The minimum atomic E-state index is -0.534. The molecule has 6 rings (SSSR count). The third kappa shape index (κ3) is 5.14. The number of nitrogens with zero attached hydrogens (tertiary/aromatic N) is 7.